The lowest BCUT2D eigenvalue weighted by molar-refractivity contribution is 0.0526. The highest BCUT2D eigenvalue weighted by atomic mass is 19.1. The second-order valence-electron chi connectivity index (χ2n) is 4.03. The number of carbonyl (C=O) groups excluding carboxylic acids is 1. The van der Waals surface area contributed by atoms with Gasteiger partial charge in [-0.2, -0.15) is 0 Å². The van der Waals surface area contributed by atoms with Crippen molar-refractivity contribution < 1.29 is 18.7 Å². The summed E-state index contributed by atoms with van der Waals surface area (Å²) in [5.74, 6) is -0.293. The van der Waals surface area contributed by atoms with E-state index < -0.39 is 11.8 Å². The molecule has 2 aromatic rings. The molecule has 0 fully saturated rings. The fourth-order valence-corrected chi connectivity index (χ4v) is 1.62. The maximum atomic E-state index is 13.1. The molecule has 0 heterocycles. The van der Waals surface area contributed by atoms with Crippen LogP contribution in [0.4, 0.5) is 10.1 Å². The summed E-state index contributed by atoms with van der Waals surface area (Å²) < 4.78 is 23.5. The predicted octanol–water partition coefficient (Wildman–Crippen LogP) is 3.38. The molecule has 4 nitrogen and oxygen atoms in total. The Kier molecular flexibility index (Phi) is 4.20. The number of halogens is 1. The van der Waals surface area contributed by atoms with Gasteiger partial charge >= 0.3 is 5.97 Å². The van der Waals surface area contributed by atoms with Gasteiger partial charge in [0.05, 0.1) is 17.9 Å². The Hall–Kier alpha value is -2.56. The largest absolute Gasteiger partial charge is 0.462 e. The first kappa shape index (κ1) is 13.9. The number of esters is 1. The smallest absolute Gasteiger partial charge is 0.338 e. The number of hydrogen-bond acceptors (Lipinski definition) is 4. The van der Waals surface area contributed by atoms with E-state index in [-0.39, 0.29) is 12.4 Å². The minimum absolute atomic E-state index is 0.279. The highest BCUT2D eigenvalue weighted by molar-refractivity contribution is 5.90. The molecule has 0 amide bonds. The van der Waals surface area contributed by atoms with E-state index in [1.54, 1.807) is 25.1 Å². The van der Waals surface area contributed by atoms with Gasteiger partial charge in [0.15, 0.2) is 5.75 Å². The molecule has 0 saturated heterocycles. The van der Waals surface area contributed by atoms with Gasteiger partial charge in [0.1, 0.15) is 11.6 Å². The summed E-state index contributed by atoms with van der Waals surface area (Å²) in [6.07, 6.45) is 0. The van der Waals surface area contributed by atoms with Crippen LogP contribution in [0.15, 0.2) is 42.5 Å². The summed E-state index contributed by atoms with van der Waals surface area (Å²) in [4.78, 5) is 11.6. The third-order valence-corrected chi connectivity index (χ3v) is 2.55. The van der Waals surface area contributed by atoms with Crippen LogP contribution in [-0.4, -0.2) is 12.6 Å². The van der Waals surface area contributed by atoms with Gasteiger partial charge in [-0.3, -0.25) is 0 Å². The van der Waals surface area contributed by atoms with Gasteiger partial charge in [-0.15, -0.1) is 0 Å². The van der Waals surface area contributed by atoms with Crippen molar-refractivity contribution in [2.45, 2.75) is 6.92 Å². The van der Waals surface area contributed by atoms with Gasteiger partial charge in [0.25, 0.3) is 0 Å². The molecule has 0 unspecified atom stereocenters. The van der Waals surface area contributed by atoms with E-state index in [0.29, 0.717) is 17.0 Å². The van der Waals surface area contributed by atoms with E-state index in [4.69, 9.17) is 15.2 Å². The fraction of sp³-hybridized carbons (Fsp3) is 0.133. The van der Waals surface area contributed by atoms with Crippen LogP contribution in [-0.2, 0) is 4.74 Å². The molecule has 0 radical (unpaired) electrons. The number of nitrogens with two attached hydrogens (primary N) is 1. The molecule has 0 saturated carbocycles. The summed E-state index contributed by atoms with van der Waals surface area (Å²) in [5, 5.41) is 0. The quantitative estimate of drug-likeness (QED) is 0.686. The molecule has 0 bridgehead atoms. The number of nitrogen functional groups attached to an aromatic ring is 1. The zero-order valence-corrected chi connectivity index (χ0v) is 10.9. The number of carbonyl (C=O) groups is 1. The van der Waals surface area contributed by atoms with Gasteiger partial charge in [0.2, 0.25) is 0 Å². The van der Waals surface area contributed by atoms with Crippen LogP contribution in [0.2, 0.25) is 0 Å². The minimum atomic E-state index is -0.461. The van der Waals surface area contributed by atoms with Gasteiger partial charge in [0, 0.05) is 6.07 Å². The molecular weight excluding hydrogens is 261 g/mol. The number of rotatable bonds is 4. The Balaban J connectivity index is 2.27. The standard InChI is InChI=1S/C15H14FNO3/c1-2-19-15(18)10-6-7-13(17)14(8-10)20-12-5-3-4-11(16)9-12/h3-9H,2,17H2,1H3. The Morgan fingerprint density at radius 1 is 1.25 bits per heavy atom. The molecule has 2 N–H and O–H groups in total. The molecule has 0 aliphatic rings. The van der Waals surface area contributed by atoms with Crippen molar-refractivity contribution in [2.75, 3.05) is 12.3 Å². The Morgan fingerprint density at radius 2 is 2.05 bits per heavy atom. The number of hydrogen-bond donors (Lipinski definition) is 1. The molecule has 0 atom stereocenters. The molecule has 0 aliphatic carbocycles. The van der Waals surface area contributed by atoms with Crippen LogP contribution in [0, 0.1) is 5.82 Å². The summed E-state index contributed by atoms with van der Waals surface area (Å²) >= 11 is 0. The zero-order chi connectivity index (χ0) is 14.5. The average Bonchev–Trinajstić information content (AvgIpc) is 2.41. The van der Waals surface area contributed by atoms with Gasteiger partial charge in [-0.25, -0.2) is 9.18 Å². The molecule has 20 heavy (non-hydrogen) atoms. The first-order valence-electron chi connectivity index (χ1n) is 6.10. The molecule has 2 rings (SSSR count). The number of anilines is 1. The van der Waals surface area contributed by atoms with Crippen LogP contribution in [0.3, 0.4) is 0 Å². The van der Waals surface area contributed by atoms with Crippen LogP contribution < -0.4 is 10.5 Å². The van der Waals surface area contributed by atoms with Crippen molar-refractivity contribution in [3.05, 3.63) is 53.8 Å². The summed E-state index contributed by atoms with van der Waals surface area (Å²) in [6, 6.07) is 10.2. The second kappa shape index (κ2) is 6.06. The van der Waals surface area contributed by atoms with Crippen LogP contribution in [0.5, 0.6) is 11.5 Å². The van der Waals surface area contributed by atoms with Crippen molar-refractivity contribution in [1.29, 1.82) is 0 Å². The molecule has 2 aromatic carbocycles. The Labute approximate surface area is 115 Å². The summed E-state index contributed by atoms with van der Waals surface area (Å²) in [5.41, 5.74) is 6.45. The Morgan fingerprint density at radius 3 is 2.75 bits per heavy atom. The maximum Gasteiger partial charge on any atom is 0.338 e. The third kappa shape index (κ3) is 3.26. The maximum absolute atomic E-state index is 13.1. The van der Waals surface area contributed by atoms with Crippen LogP contribution in [0.25, 0.3) is 0 Å². The molecule has 0 aliphatic heterocycles. The van der Waals surface area contributed by atoms with Gasteiger partial charge in [-0.1, -0.05) is 6.07 Å². The third-order valence-electron chi connectivity index (χ3n) is 2.55. The Bertz CT molecular complexity index is 628. The second-order valence-corrected chi connectivity index (χ2v) is 4.03. The first-order valence-corrected chi connectivity index (χ1v) is 6.10. The van der Waals surface area contributed by atoms with E-state index in [1.807, 2.05) is 0 Å². The topological polar surface area (TPSA) is 61.5 Å². The van der Waals surface area contributed by atoms with Gasteiger partial charge in [-0.05, 0) is 37.3 Å². The van der Waals surface area contributed by atoms with Crippen LogP contribution >= 0.6 is 0 Å². The highest BCUT2D eigenvalue weighted by Crippen LogP contribution is 2.29. The van der Waals surface area contributed by atoms with E-state index in [2.05, 4.69) is 0 Å². The normalized spacial score (nSPS) is 10.1. The van der Waals surface area contributed by atoms with E-state index in [0.717, 1.165) is 0 Å². The van der Waals surface area contributed by atoms with Crippen molar-refractivity contribution in [3.8, 4) is 11.5 Å². The van der Waals surface area contributed by atoms with Crippen molar-refractivity contribution >= 4 is 11.7 Å². The monoisotopic (exact) mass is 275 g/mol. The zero-order valence-electron chi connectivity index (χ0n) is 10.9. The predicted molar refractivity (Wildman–Crippen MR) is 73.3 cm³/mol. The van der Waals surface area contributed by atoms with Crippen LogP contribution in [0.1, 0.15) is 17.3 Å². The average molecular weight is 275 g/mol. The lowest BCUT2D eigenvalue weighted by Crippen LogP contribution is -2.05. The van der Waals surface area contributed by atoms with E-state index in [9.17, 15) is 9.18 Å². The van der Waals surface area contributed by atoms with Crippen molar-refractivity contribution in [3.63, 3.8) is 0 Å². The number of ether oxygens (including phenoxy) is 2. The van der Waals surface area contributed by atoms with Gasteiger partial charge < -0.3 is 15.2 Å². The molecule has 104 valence electrons. The number of benzene rings is 2. The fourth-order valence-electron chi connectivity index (χ4n) is 1.62. The van der Waals surface area contributed by atoms with Crippen molar-refractivity contribution in [2.24, 2.45) is 0 Å². The lowest BCUT2D eigenvalue weighted by Gasteiger charge is -2.10. The van der Waals surface area contributed by atoms with E-state index >= 15 is 0 Å². The highest BCUT2D eigenvalue weighted by Gasteiger charge is 2.11. The summed E-state index contributed by atoms with van der Waals surface area (Å²) in [7, 11) is 0. The molecule has 5 heteroatoms. The molecule has 0 aromatic heterocycles. The molecule has 0 spiro atoms. The first-order chi connectivity index (χ1) is 9.60. The minimum Gasteiger partial charge on any atom is -0.462 e. The summed E-state index contributed by atoms with van der Waals surface area (Å²) in [6.45, 7) is 2.00. The molecular formula is C15H14FNO3. The SMILES string of the molecule is CCOC(=O)c1ccc(N)c(Oc2cccc(F)c2)c1. The lowest BCUT2D eigenvalue weighted by atomic mass is 10.2. The van der Waals surface area contributed by atoms with Crippen molar-refractivity contribution in [1.82, 2.24) is 0 Å². The van der Waals surface area contributed by atoms with E-state index in [1.165, 1.54) is 24.3 Å².